The van der Waals surface area contributed by atoms with Crippen LogP contribution >= 0.6 is 0 Å². The van der Waals surface area contributed by atoms with Gasteiger partial charge in [0, 0.05) is 35.9 Å². The molecule has 0 radical (unpaired) electrons. The Labute approximate surface area is 124 Å². The van der Waals surface area contributed by atoms with E-state index in [2.05, 4.69) is 57.5 Å². The van der Waals surface area contributed by atoms with Crippen LogP contribution < -0.4 is 5.32 Å². The second-order valence-corrected chi connectivity index (χ2v) is 5.20. The van der Waals surface area contributed by atoms with Gasteiger partial charge in [-0.25, -0.2) is 9.97 Å². The maximum absolute atomic E-state index is 4.42. The molecule has 21 heavy (non-hydrogen) atoms. The van der Waals surface area contributed by atoms with Gasteiger partial charge in [0.25, 0.3) is 0 Å². The molecule has 3 rings (SSSR count). The molecule has 108 valence electrons. The standard InChI is InChI=1S/C17H20N4/c1-3-14-11-17(20-12(2)19-14)18-9-8-15-10-13-6-4-5-7-16(13)21-15/h4-7,10-11,21H,3,8-9H2,1-2H3,(H,18,19,20). The van der Waals surface area contributed by atoms with Crippen LogP contribution in [0.4, 0.5) is 5.82 Å². The fourth-order valence-electron chi connectivity index (χ4n) is 2.49. The predicted molar refractivity (Wildman–Crippen MR) is 86.6 cm³/mol. The maximum atomic E-state index is 4.42. The first kappa shape index (κ1) is 13.6. The van der Waals surface area contributed by atoms with E-state index < -0.39 is 0 Å². The lowest BCUT2D eigenvalue weighted by Gasteiger charge is -2.07. The predicted octanol–water partition coefficient (Wildman–Crippen LogP) is 3.48. The number of aromatic nitrogens is 3. The van der Waals surface area contributed by atoms with E-state index in [1.807, 2.05) is 13.0 Å². The van der Waals surface area contributed by atoms with Gasteiger partial charge in [0.2, 0.25) is 0 Å². The molecule has 0 aliphatic rings. The molecule has 0 bridgehead atoms. The minimum atomic E-state index is 0.822. The van der Waals surface area contributed by atoms with Crippen molar-refractivity contribution >= 4 is 16.7 Å². The molecule has 0 atom stereocenters. The molecule has 2 aromatic heterocycles. The van der Waals surface area contributed by atoms with Crippen LogP contribution in [-0.4, -0.2) is 21.5 Å². The Morgan fingerprint density at radius 2 is 2.00 bits per heavy atom. The summed E-state index contributed by atoms with van der Waals surface area (Å²) in [6.45, 7) is 4.89. The molecule has 3 aromatic rings. The van der Waals surface area contributed by atoms with Gasteiger partial charge in [-0.15, -0.1) is 0 Å². The lowest BCUT2D eigenvalue weighted by Crippen LogP contribution is -2.08. The van der Waals surface area contributed by atoms with Crippen molar-refractivity contribution in [1.29, 1.82) is 0 Å². The van der Waals surface area contributed by atoms with Crippen LogP contribution in [0.15, 0.2) is 36.4 Å². The second kappa shape index (κ2) is 5.95. The highest BCUT2D eigenvalue weighted by atomic mass is 15.0. The fraction of sp³-hybridized carbons (Fsp3) is 0.294. The van der Waals surface area contributed by atoms with E-state index in [1.165, 1.54) is 16.6 Å². The zero-order valence-corrected chi connectivity index (χ0v) is 12.5. The lowest BCUT2D eigenvalue weighted by atomic mass is 10.2. The first-order valence-corrected chi connectivity index (χ1v) is 7.39. The van der Waals surface area contributed by atoms with Gasteiger partial charge < -0.3 is 10.3 Å². The van der Waals surface area contributed by atoms with Crippen LogP contribution in [0, 0.1) is 6.92 Å². The zero-order valence-electron chi connectivity index (χ0n) is 12.5. The van der Waals surface area contributed by atoms with Crippen molar-refractivity contribution in [3.05, 3.63) is 53.6 Å². The average molecular weight is 280 g/mol. The summed E-state index contributed by atoms with van der Waals surface area (Å²) < 4.78 is 0. The van der Waals surface area contributed by atoms with Crippen LogP contribution in [0.25, 0.3) is 10.9 Å². The summed E-state index contributed by atoms with van der Waals surface area (Å²) in [4.78, 5) is 12.3. The largest absolute Gasteiger partial charge is 0.370 e. The molecule has 2 N–H and O–H groups in total. The summed E-state index contributed by atoms with van der Waals surface area (Å²) in [7, 11) is 0. The van der Waals surface area contributed by atoms with Gasteiger partial charge in [0.15, 0.2) is 0 Å². The number of aryl methyl sites for hydroxylation is 2. The van der Waals surface area contributed by atoms with Gasteiger partial charge in [-0.3, -0.25) is 0 Å². The molecule has 0 spiro atoms. The summed E-state index contributed by atoms with van der Waals surface area (Å²) in [5.41, 5.74) is 3.51. The van der Waals surface area contributed by atoms with Crippen LogP contribution in [0.2, 0.25) is 0 Å². The van der Waals surface area contributed by atoms with Crippen molar-refractivity contribution < 1.29 is 0 Å². The summed E-state index contributed by atoms with van der Waals surface area (Å²) in [6.07, 6.45) is 1.87. The highest BCUT2D eigenvalue weighted by Crippen LogP contribution is 2.15. The summed E-state index contributed by atoms with van der Waals surface area (Å²) in [6, 6.07) is 12.6. The molecular formula is C17H20N4. The summed E-state index contributed by atoms with van der Waals surface area (Å²) >= 11 is 0. The molecule has 0 aliphatic carbocycles. The van der Waals surface area contributed by atoms with Gasteiger partial charge in [-0.05, 0) is 30.9 Å². The highest BCUT2D eigenvalue weighted by molar-refractivity contribution is 5.80. The van der Waals surface area contributed by atoms with Crippen LogP contribution in [-0.2, 0) is 12.8 Å². The van der Waals surface area contributed by atoms with Crippen molar-refractivity contribution in [1.82, 2.24) is 15.0 Å². The number of fused-ring (bicyclic) bond motifs is 1. The molecule has 4 nitrogen and oxygen atoms in total. The van der Waals surface area contributed by atoms with E-state index in [4.69, 9.17) is 0 Å². The monoisotopic (exact) mass is 280 g/mol. The Morgan fingerprint density at radius 1 is 1.14 bits per heavy atom. The van der Waals surface area contributed by atoms with E-state index in [9.17, 15) is 0 Å². The maximum Gasteiger partial charge on any atom is 0.129 e. The number of nitrogens with zero attached hydrogens (tertiary/aromatic N) is 2. The van der Waals surface area contributed by atoms with Crippen LogP contribution in [0.3, 0.4) is 0 Å². The number of rotatable bonds is 5. The van der Waals surface area contributed by atoms with Gasteiger partial charge >= 0.3 is 0 Å². The summed E-state index contributed by atoms with van der Waals surface area (Å²) in [5, 5.41) is 4.64. The number of benzene rings is 1. The SMILES string of the molecule is CCc1cc(NCCc2cc3ccccc3[nH]2)nc(C)n1. The number of H-pyrrole nitrogens is 1. The van der Waals surface area contributed by atoms with Crippen molar-refractivity contribution in [3.8, 4) is 0 Å². The number of para-hydroxylation sites is 1. The van der Waals surface area contributed by atoms with Crippen molar-refractivity contribution in [3.63, 3.8) is 0 Å². The molecular weight excluding hydrogens is 260 g/mol. The van der Waals surface area contributed by atoms with Gasteiger partial charge in [0.1, 0.15) is 11.6 Å². The normalized spacial score (nSPS) is 11.0. The van der Waals surface area contributed by atoms with Gasteiger partial charge in [0.05, 0.1) is 0 Å². The Hall–Kier alpha value is -2.36. The number of nitrogens with one attached hydrogen (secondary N) is 2. The lowest BCUT2D eigenvalue weighted by molar-refractivity contribution is 0.925. The Balaban J connectivity index is 1.64. The Kier molecular flexibility index (Phi) is 3.86. The molecule has 4 heteroatoms. The Morgan fingerprint density at radius 3 is 2.81 bits per heavy atom. The second-order valence-electron chi connectivity index (χ2n) is 5.20. The van der Waals surface area contributed by atoms with E-state index >= 15 is 0 Å². The topological polar surface area (TPSA) is 53.6 Å². The molecule has 2 heterocycles. The number of hydrogen-bond acceptors (Lipinski definition) is 3. The fourth-order valence-corrected chi connectivity index (χ4v) is 2.49. The summed E-state index contributed by atoms with van der Waals surface area (Å²) in [5.74, 6) is 1.73. The number of anilines is 1. The van der Waals surface area contributed by atoms with E-state index in [0.717, 1.165) is 36.7 Å². The third kappa shape index (κ3) is 3.21. The first-order valence-electron chi connectivity index (χ1n) is 7.39. The minimum absolute atomic E-state index is 0.822. The smallest absolute Gasteiger partial charge is 0.129 e. The molecule has 0 unspecified atom stereocenters. The molecule has 1 aromatic carbocycles. The number of hydrogen-bond donors (Lipinski definition) is 2. The van der Waals surface area contributed by atoms with Crippen molar-refractivity contribution in [2.45, 2.75) is 26.7 Å². The van der Waals surface area contributed by atoms with Gasteiger partial charge in [-0.2, -0.15) is 0 Å². The Bertz CT molecular complexity index is 712. The van der Waals surface area contributed by atoms with E-state index in [0.29, 0.717) is 0 Å². The highest BCUT2D eigenvalue weighted by Gasteiger charge is 2.02. The molecule has 0 saturated heterocycles. The van der Waals surface area contributed by atoms with E-state index in [-0.39, 0.29) is 0 Å². The van der Waals surface area contributed by atoms with E-state index in [1.54, 1.807) is 0 Å². The van der Waals surface area contributed by atoms with Crippen molar-refractivity contribution in [2.24, 2.45) is 0 Å². The van der Waals surface area contributed by atoms with Crippen LogP contribution in [0.5, 0.6) is 0 Å². The molecule has 0 saturated carbocycles. The van der Waals surface area contributed by atoms with Crippen LogP contribution in [0.1, 0.15) is 24.1 Å². The molecule has 0 amide bonds. The minimum Gasteiger partial charge on any atom is -0.370 e. The molecule has 0 aliphatic heterocycles. The third-order valence-corrected chi connectivity index (χ3v) is 3.54. The quantitative estimate of drug-likeness (QED) is 0.752. The zero-order chi connectivity index (χ0) is 14.7. The first-order chi connectivity index (χ1) is 10.2. The van der Waals surface area contributed by atoms with Gasteiger partial charge in [-0.1, -0.05) is 25.1 Å². The molecule has 0 fully saturated rings. The number of aromatic amines is 1. The van der Waals surface area contributed by atoms with Crippen molar-refractivity contribution in [2.75, 3.05) is 11.9 Å². The third-order valence-electron chi connectivity index (χ3n) is 3.54. The average Bonchev–Trinajstić information content (AvgIpc) is 2.89.